The Morgan fingerprint density at radius 2 is 1.89 bits per heavy atom. The summed E-state index contributed by atoms with van der Waals surface area (Å²) >= 11 is 0. The Balaban J connectivity index is 2.31. The number of rotatable bonds is 4. The molecule has 0 saturated carbocycles. The summed E-state index contributed by atoms with van der Waals surface area (Å²) in [6, 6.07) is 9.83. The van der Waals surface area contributed by atoms with Crippen molar-refractivity contribution in [2.24, 2.45) is 0 Å². The van der Waals surface area contributed by atoms with E-state index in [-0.39, 0.29) is 0 Å². The molecule has 0 atom stereocenters. The molecule has 1 aromatic carbocycles. The molecular formula is C15H14NO2S. The minimum absolute atomic E-state index is 0.398. The van der Waals surface area contributed by atoms with Gasteiger partial charge in [0, 0.05) is 17.8 Å². The van der Waals surface area contributed by atoms with E-state index >= 15 is 0 Å². The largest absolute Gasteiger partial charge is 0.332 e. The van der Waals surface area contributed by atoms with Gasteiger partial charge in [-0.1, -0.05) is 30.4 Å². The van der Waals surface area contributed by atoms with Crippen LogP contribution >= 0.6 is 0 Å². The highest BCUT2D eigenvalue weighted by Crippen LogP contribution is 2.23. The lowest BCUT2D eigenvalue weighted by molar-refractivity contribution is 0.627. The third-order valence-corrected chi connectivity index (χ3v) is 3.46. The van der Waals surface area contributed by atoms with Gasteiger partial charge in [0.2, 0.25) is 10.3 Å². The molecule has 1 aliphatic carbocycles. The van der Waals surface area contributed by atoms with Crippen molar-refractivity contribution in [2.75, 3.05) is 4.90 Å². The molecule has 1 aromatic rings. The van der Waals surface area contributed by atoms with Gasteiger partial charge in [-0.05, 0) is 24.3 Å². The monoisotopic (exact) mass is 272 g/mol. The van der Waals surface area contributed by atoms with Crippen molar-refractivity contribution in [2.45, 2.75) is 6.42 Å². The highest BCUT2D eigenvalue weighted by molar-refractivity contribution is 7.73. The van der Waals surface area contributed by atoms with Crippen LogP contribution in [0.25, 0.3) is 0 Å². The van der Waals surface area contributed by atoms with Crippen LogP contribution in [0.1, 0.15) is 6.42 Å². The molecule has 19 heavy (non-hydrogen) atoms. The molecule has 0 fully saturated rings. The van der Waals surface area contributed by atoms with Crippen molar-refractivity contribution < 1.29 is 8.42 Å². The maximum atomic E-state index is 10.9. The Morgan fingerprint density at radius 3 is 2.42 bits per heavy atom. The summed E-state index contributed by atoms with van der Waals surface area (Å²) in [6.07, 6.45) is 7.42. The summed E-state index contributed by atoms with van der Waals surface area (Å²) in [5.41, 5.74) is 1.94. The van der Waals surface area contributed by atoms with Gasteiger partial charge in [0.15, 0.2) is 0 Å². The average molecular weight is 272 g/mol. The molecule has 2 rings (SSSR count). The Labute approximate surface area is 114 Å². The molecule has 1 radical (unpaired) electrons. The second kappa shape index (κ2) is 6.20. The van der Waals surface area contributed by atoms with E-state index in [4.69, 9.17) is 0 Å². The van der Waals surface area contributed by atoms with Gasteiger partial charge in [0.1, 0.15) is 0 Å². The van der Waals surface area contributed by atoms with Crippen molar-refractivity contribution in [1.29, 1.82) is 0 Å². The van der Waals surface area contributed by atoms with Crippen LogP contribution in [-0.2, 0) is 10.3 Å². The van der Waals surface area contributed by atoms with E-state index in [0.717, 1.165) is 11.4 Å². The zero-order valence-electron chi connectivity index (χ0n) is 10.4. The molecule has 0 spiro atoms. The first-order valence-electron chi connectivity index (χ1n) is 5.86. The smallest absolute Gasteiger partial charge is 0.217 e. The topological polar surface area (TPSA) is 37.4 Å². The maximum absolute atomic E-state index is 10.9. The predicted molar refractivity (Wildman–Crippen MR) is 79.2 cm³/mol. The van der Waals surface area contributed by atoms with Crippen LogP contribution in [0.2, 0.25) is 0 Å². The Kier molecular flexibility index (Phi) is 4.36. The number of para-hydroxylation sites is 1. The van der Waals surface area contributed by atoms with Crippen molar-refractivity contribution in [3.05, 3.63) is 73.5 Å². The second-order valence-corrected chi connectivity index (χ2v) is 4.95. The standard InChI is InChI=1S/C15H14NO2S/c1-2-12-16(13-6-4-3-5-7-13)14-8-10-15(11-9-14)19(17)18/h2-10,12H,1,11H2. The number of hydrogen-bond acceptors (Lipinski definition) is 3. The summed E-state index contributed by atoms with van der Waals surface area (Å²) in [5, 5.41) is 0. The first-order valence-corrected chi connectivity index (χ1v) is 6.93. The van der Waals surface area contributed by atoms with E-state index in [1.54, 1.807) is 18.2 Å². The SMILES string of the molecule is C=C[CH]N(C1=CCC(=S(=O)=O)C=C1)c1ccccc1. The zero-order chi connectivity index (χ0) is 13.7. The van der Waals surface area contributed by atoms with Gasteiger partial charge in [-0.2, -0.15) is 8.42 Å². The van der Waals surface area contributed by atoms with Gasteiger partial charge in [-0.3, -0.25) is 0 Å². The zero-order valence-corrected chi connectivity index (χ0v) is 11.2. The van der Waals surface area contributed by atoms with Gasteiger partial charge in [0.05, 0.1) is 11.4 Å². The molecule has 0 bridgehead atoms. The van der Waals surface area contributed by atoms with Crippen molar-refractivity contribution in [1.82, 2.24) is 0 Å². The second-order valence-electron chi connectivity index (χ2n) is 3.96. The van der Waals surface area contributed by atoms with E-state index < -0.39 is 10.3 Å². The molecule has 0 aromatic heterocycles. The number of allylic oxidation sites excluding steroid dienone is 3. The Hall–Kier alpha value is -2.07. The molecule has 0 saturated heterocycles. The van der Waals surface area contributed by atoms with E-state index in [9.17, 15) is 8.42 Å². The molecular weight excluding hydrogens is 258 g/mol. The first kappa shape index (κ1) is 13.4. The van der Waals surface area contributed by atoms with Crippen LogP contribution in [0, 0.1) is 6.54 Å². The number of hydrogen-bond donors (Lipinski definition) is 0. The minimum Gasteiger partial charge on any atom is -0.332 e. The van der Waals surface area contributed by atoms with Crippen molar-refractivity contribution >= 4 is 20.8 Å². The lowest BCUT2D eigenvalue weighted by Gasteiger charge is -2.25. The van der Waals surface area contributed by atoms with Crippen LogP contribution in [0.5, 0.6) is 0 Å². The number of anilines is 1. The summed E-state index contributed by atoms with van der Waals surface area (Å²) in [5.74, 6) is 0. The van der Waals surface area contributed by atoms with Gasteiger partial charge in [-0.15, -0.1) is 6.58 Å². The lowest BCUT2D eigenvalue weighted by Crippen LogP contribution is -2.19. The van der Waals surface area contributed by atoms with E-state index in [1.807, 2.05) is 47.9 Å². The van der Waals surface area contributed by atoms with E-state index in [1.165, 1.54) is 0 Å². The molecule has 4 heteroatoms. The lowest BCUT2D eigenvalue weighted by atomic mass is 10.1. The van der Waals surface area contributed by atoms with E-state index in [2.05, 4.69) is 6.58 Å². The summed E-state index contributed by atoms with van der Waals surface area (Å²) in [7, 11) is -2.14. The molecule has 0 N–H and O–H groups in total. The van der Waals surface area contributed by atoms with Crippen LogP contribution in [0.15, 0.2) is 66.9 Å². The molecule has 1 aliphatic rings. The molecule has 0 unspecified atom stereocenters. The highest BCUT2D eigenvalue weighted by Gasteiger charge is 2.12. The fourth-order valence-corrected chi connectivity index (χ4v) is 2.24. The Morgan fingerprint density at radius 1 is 1.16 bits per heavy atom. The average Bonchev–Trinajstić information content (AvgIpc) is 2.46. The molecule has 0 aliphatic heterocycles. The van der Waals surface area contributed by atoms with Crippen LogP contribution in [-0.4, -0.2) is 13.3 Å². The molecule has 3 nitrogen and oxygen atoms in total. The van der Waals surface area contributed by atoms with Crippen LogP contribution < -0.4 is 4.90 Å². The van der Waals surface area contributed by atoms with Crippen LogP contribution in [0.4, 0.5) is 5.69 Å². The van der Waals surface area contributed by atoms with Crippen LogP contribution in [0.3, 0.4) is 0 Å². The van der Waals surface area contributed by atoms with E-state index in [0.29, 0.717) is 11.3 Å². The summed E-state index contributed by atoms with van der Waals surface area (Å²) < 4.78 is 21.7. The molecule has 0 heterocycles. The summed E-state index contributed by atoms with van der Waals surface area (Å²) in [4.78, 5) is 2.36. The quantitative estimate of drug-likeness (QED) is 0.791. The first-order chi connectivity index (χ1) is 9.22. The molecule has 0 amide bonds. The minimum atomic E-state index is -2.14. The van der Waals surface area contributed by atoms with Gasteiger partial charge in [-0.25, -0.2) is 0 Å². The van der Waals surface area contributed by atoms with Crippen molar-refractivity contribution in [3.63, 3.8) is 0 Å². The molecule has 97 valence electrons. The fourth-order valence-electron chi connectivity index (χ4n) is 1.84. The third-order valence-electron chi connectivity index (χ3n) is 2.73. The highest BCUT2D eigenvalue weighted by atomic mass is 32.2. The Bertz CT molecular complexity index is 647. The van der Waals surface area contributed by atoms with Crippen molar-refractivity contribution in [3.8, 4) is 0 Å². The number of nitrogens with zero attached hydrogens (tertiary/aromatic N) is 1. The fraction of sp³-hybridized carbons (Fsp3) is 0.0667. The normalized spacial score (nSPS) is 13.9. The predicted octanol–water partition coefficient (Wildman–Crippen LogP) is 2.74. The van der Waals surface area contributed by atoms with Gasteiger partial charge in [0.25, 0.3) is 0 Å². The maximum Gasteiger partial charge on any atom is 0.217 e. The third kappa shape index (κ3) is 3.23. The van der Waals surface area contributed by atoms with Gasteiger partial charge >= 0.3 is 0 Å². The number of benzene rings is 1. The summed E-state index contributed by atoms with van der Waals surface area (Å²) in [6.45, 7) is 5.56. The van der Waals surface area contributed by atoms with Gasteiger partial charge < -0.3 is 4.90 Å².